The van der Waals surface area contributed by atoms with E-state index in [0.29, 0.717) is 16.7 Å². The number of carbonyl (C=O) groups excluding carboxylic acids is 2. The zero-order chi connectivity index (χ0) is 18.0. The van der Waals surface area contributed by atoms with Crippen molar-refractivity contribution in [2.45, 2.75) is 0 Å². The van der Waals surface area contributed by atoms with Crippen molar-refractivity contribution in [1.29, 1.82) is 0 Å². The second-order valence-corrected chi connectivity index (χ2v) is 5.21. The lowest BCUT2D eigenvalue weighted by Gasteiger charge is -2.10. The van der Waals surface area contributed by atoms with Gasteiger partial charge in [0.05, 0.1) is 30.6 Å². The topological polar surface area (TPSA) is 94.8 Å². The number of carbonyl (C=O) groups is 2. The van der Waals surface area contributed by atoms with Crippen LogP contribution >= 0.6 is 0 Å². The smallest absolute Gasteiger partial charge is 0.325 e. The number of fused-ring (bicyclic) bond motifs is 2. The Morgan fingerprint density at radius 1 is 1.12 bits per heavy atom. The number of para-hydroxylation sites is 1. The molecule has 0 spiro atoms. The maximum atomic E-state index is 12.9. The van der Waals surface area contributed by atoms with Gasteiger partial charge in [-0.1, -0.05) is 12.1 Å². The first-order chi connectivity index (χ1) is 12.1. The zero-order valence-corrected chi connectivity index (χ0v) is 13.6. The monoisotopic (exact) mass is 341 g/mol. The van der Waals surface area contributed by atoms with Gasteiger partial charge < -0.3 is 19.2 Å². The summed E-state index contributed by atoms with van der Waals surface area (Å²) in [6.45, 7) is -0.304. The molecule has 25 heavy (non-hydrogen) atoms. The predicted octanol–water partition coefficient (Wildman–Crippen LogP) is 1.86. The molecule has 0 aliphatic rings. The SMILES string of the molecule is COC(=O)CNC(=O)c1ccc(OC)c2oc3ccccc3c(=O)c12. The average molecular weight is 341 g/mol. The molecule has 0 bridgehead atoms. The molecular weight excluding hydrogens is 326 g/mol. The summed E-state index contributed by atoms with van der Waals surface area (Å²) >= 11 is 0. The Labute approximate surface area is 142 Å². The summed E-state index contributed by atoms with van der Waals surface area (Å²) in [7, 11) is 2.67. The first-order valence-electron chi connectivity index (χ1n) is 7.44. The summed E-state index contributed by atoms with van der Waals surface area (Å²) in [5.74, 6) is -0.841. The van der Waals surface area contributed by atoms with Crippen LogP contribution < -0.4 is 15.5 Å². The molecule has 0 unspecified atom stereocenters. The van der Waals surface area contributed by atoms with Crippen molar-refractivity contribution in [2.24, 2.45) is 0 Å². The molecule has 0 radical (unpaired) electrons. The lowest BCUT2D eigenvalue weighted by Crippen LogP contribution is -2.30. The van der Waals surface area contributed by atoms with Gasteiger partial charge in [0, 0.05) is 0 Å². The van der Waals surface area contributed by atoms with E-state index in [1.165, 1.54) is 26.4 Å². The summed E-state index contributed by atoms with van der Waals surface area (Å²) in [6.07, 6.45) is 0. The molecule has 1 amide bonds. The Balaban J connectivity index is 2.23. The third kappa shape index (κ3) is 2.91. The van der Waals surface area contributed by atoms with Crippen molar-refractivity contribution in [3.63, 3.8) is 0 Å². The molecule has 2 aromatic carbocycles. The minimum Gasteiger partial charge on any atom is -0.493 e. The number of hydrogen-bond donors (Lipinski definition) is 1. The van der Waals surface area contributed by atoms with Crippen molar-refractivity contribution >= 4 is 33.8 Å². The maximum absolute atomic E-state index is 12.9. The van der Waals surface area contributed by atoms with Gasteiger partial charge in [0.15, 0.2) is 11.3 Å². The van der Waals surface area contributed by atoms with Gasteiger partial charge in [0.1, 0.15) is 12.1 Å². The normalized spacial score (nSPS) is 10.6. The lowest BCUT2D eigenvalue weighted by atomic mass is 10.0. The van der Waals surface area contributed by atoms with Crippen LogP contribution in [0.15, 0.2) is 45.6 Å². The van der Waals surface area contributed by atoms with Gasteiger partial charge in [0.2, 0.25) is 5.43 Å². The van der Waals surface area contributed by atoms with E-state index < -0.39 is 11.9 Å². The highest BCUT2D eigenvalue weighted by Crippen LogP contribution is 2.29. The molecule has 0 saturated heterocycles. The lowest BCUT2D eigenvalue weighted by molar-refractivity contribution is -0.139. The van der Waals surface area contributed by atoms with Crippen LogP contribution in [0.25, 0.3) is 21.9 Å². The molecule has 0 saturated carbocycles. The number of methoxy groups -OCH3 is 2. The van der Waals surface area contributed by atoms with Crippen molar-refractivity contribution in [1.82, 2.24) is 5.32 Å². The third-order valence-electron chi connectivity index (χ3n) is 3.78. The summed E-state index contributed by atoms with van der Waals surface area (Å²) in [6, 6.07) is 9.74. The summed E-state index contributed by atoms with van der Waals surface area (Å²) in [5, 5.41) is 2.87. The molecule has 0 atom stereocenters. The average Bonchev–Trinajstić information content (AvgIpc) is 2.65. The minimum absolute atomic E-state index is 0.0965. The third-order valence-corrected chi connectivity index (χ3v) is 3.78. The first kappa shape index (κ1) is 16.5. The van der Waals surface area contributed by atoms with E-state index in [1.54, 1.807) is 24.3 Å². The van der Waals surface area contributed by atoms with Crippen LogP contribution in [0.4, 0.5) is 0 Å². The number of benzene rings is 2. The number of ether oxygens (including phenoxy) is 2. The molecule has 0 aliphatic carbocycles. The fourth-order valence-corrected chi connectivity index (χ4v) is 2.55. The Morgan fingerprint density at radius 2 is 1.88 bits per heavy atom. The summed E-state index contributed by atoms with van der Waals surface area (Å²) < 4.78 is 15.5. The Hall–Kier alpha value is -3.35. The predicted molar refractivity (Wildman–Crippen MR) is 90.9 cm³/mol. The minimum atomic E-state index is -0.594. The summed E-state index contributed by atoms with van der Waals surface area (Å²) in [4.78, 5) is 36.5. The van der Waals surface area contributed by atoms with Gasteiger partial charge >= 0.3 is 5.97 Å². The Kier molecular flexibility index (Phi) is 4.38. The molecule has 1 heterocycles. The van der Waals surface area contributed by atoms with Crippen molar-refractivity contribution in [3.8, 4) is 5.75 Å². The van der Waals surface area contributed by atoms with Gasteiger partial charge in [-0.05, 0) is 24.3 Å². The van der Waals surface area contributed by atoms with E-state index in [0.717, 1.165) is 0 Å². The largest absolute Gasteiger partial charge is 0.493 e. The number of esters is 1. The standard InChI is InChI=1S/C18H15NO6/c1-23-13-8-7-11(18(22)19-9-14(20)24-2)15-16(21)10-5-3-4-6-12(10)25-17(13)15/h3-8H,9H2,1-2H3,(H,19,22). The maximum Gasteiger partial charge on any atom is 0.325 e. The number of amides is 1. The van der Waals surface area contributed by atoms with E-state index in [2.05, 4.69) is 10.1 Å². The van der Waals surface area contributed by atoms with Crippen LogP contribution in [0.2, 0.25) is 0 Å². The Morgan fingerprint density at radius 3 is 2.60 bits per heavy atom. The van der Waals surface area contributed by atoms with E-state index in [-0.39, 0.29) is 28.5 Å². The van der Waals surface area contributed by atoms with E-state index in [1.807, 2.05) is 0 Å². The molecule has 128 valence electrons. The molecule has 0 aliphatic heterocycles. The van der Waals surface area contributed by atoms with Gasteiger partial charge in [-0.3, -0.25) is 14.4 Å². The van der Waals surface area contributed by atoms with Gasteiger partial charge in [-0.2, -0.15) is 0 Å². The molecule has 0 fully saturated rings. The van der Waals surface area contributed by atoms with Crippen molar-refractivity contribution < 1.29 is 23.5 Å². The van der Waals surface area contributed by atoms with E-state index >= 15 is 0 Å². The second kappa shape index (κ2) is 6.64. The molecule has 7 heteroatoms. The van der Waals surface area contributed by atoms with Crippen LogP contribution in [0.5, 0.6) is 5.75 Å². The summed E-state index contributed by atoms with van der Waals surface area (Å²) in [5.41, 5.74) is 0.320. The fourth-order valence-electron chi connectivity index (χ4n) is 2.55. The zero-order valence-electron chi connectivity index (χ0n) is 13.6. The fraction of sp³-hybridized carbons (Fsp3) is 0.167. The molecule has 3 aromatic rings. The van der Waals surface area contributed by atoms with E-state index in [9.17, 15) is 14.4 Å². The van der Waals surface area contributed by atoms with Crippen LogP contribution in [-0.4, -0.2) is 32.6 Å². The molecule has 1 N–H and O–H groups in total. The molecule has 7 nitrogen and oxygen atoms in total. The number of nitrogens with one attached hydrogen (secondary N) is 1. The first-order valence-corrected chi connectivity index (χ1v) is 7.44. The molecule has 3 rings (SSSR count). The number of rotatable bonds is 4. The number of hydrogen-bond acceptors (Lipinski definition) is 6. The van der Waals surface area contributed by atoms with Gasteiger partial charge in [-0.15, -0.1) is 0 Å². The Bertz CT molecular complexity index is 1040. The van der Waals surface area contributed by atoms with Crippen molar-refractivity contribution in [3.05, 3.63) is 52.2 Å². The quantitative estimate of drug-likeness (QED) is 0.575. The molecular formula is C18H15NO6. The van der Waals surface area contributed by atoms with Crippen LogP contribution in [0.3, 0.4) is 0 Å². The highest BCUT2D eigenvalue weighted by molar-refractivity contribution is 6.09. The van der Waals surface area contributed by atoms with Crippen LogP contribution in [0, 0.1) is 0 Å². The molecule has 1 aromatic heterocycles. The van der Waals surface area contributed by atoms with Gasteiger partial charge in [0.25, 0.3) is 5.91 Å². The highest BCUT2D eigenvalue weighted by atomic mass is 16.5. The van der Waals surface area contributed by atoms with Crippen LogP contribution in [0.1, 0.15) is 10.4 Å². The van der Waals surface area contributed by atoms with E-state index in [4.69, 9.17) is 9.15 Å². The van der Waals surface area contributed by atoms with Gasteiger partial charge in [-0.25, -0.2) is 0 Å². The van der Waals surface area contributed by atoms with Crippen LogP contribution in [-0.2, 0) is 9.53 Å². The van der Waals surface area contributed by atoms with Crippen molar-refractivity contribution in [2.75, 3.05) is 20.8 Å². The highest BCUT2D eigenvalue weighted by Gasteiger charge is 2.20. The second-order valence-electron chi connectivity index (χ2n) is 5.21.